The molecule has 0 aliphatic carbocycles. The standard InChI is InChI=1S/C11H10ClN3O3S/c1-6(12)10-13-14-11(19-10)7-4-3-5-8(15(16)17)9(7)18-2/h3-6H,1-2H3. The van der Waals surface area contributed by atoms with Crippen LogP contribution in [0.25, 0.3) is 10.6 Å². The molecule has 0 fully saturated rings. The highest BCUT2D eigenvalue weighted by atomic mass is 35.5. The Kier molecular flexibility index (Phi) is 3.96. The number of para-hydroxylation sites is 1. The number of alkyl halides is 1. The molecule has 1 aromatic carbocycles. The van der Waals surface area contributed by atoms with Gasteiger partial charge in [-0.15, -0.1) is 21.8 Å². The summed E-state index contributed by atoms with van der Waals surface area (Å²) in [7, 11) is 1.39. The fourth-order valence-electron chi connectivity index (χ4n) is 1.56. The zero-order valence-corrected chi connectivity index (χ0v) is 11.7. The van der Waals surface area contributed by atoms with Crippen LogP contribution in [0.5, 0.6) is 5.75 Å². The molecule has 2 aromatic rings. The Morgan fingerprint density at radius 2 is 2.21 bits per heavy atom. The van der Waals surface area contributed by atoms with Crippen molar-refractivity contribution in [1.29, 1.82) is 0 Å². The molecule has 0 bridgehead atoms. The molecule has 1 unspecified atom stereocenters. The van der Waals surface area contributed by atoms with Crippen LogP contribution in [0.2, 0.25) is 0 Å². The van der Waals surface area contributed by atoms with E-state index >= 15 is 0 Å². The third-order valence-electron chi connectivity index (χ3n) is 2.41. The van der Waals surface area contributed by atoms with Gasteiger partial charge in [0.2, 0.25) is 5.75 Å². The summed E-state index contributed by atoms with van der Waals surface area (Å²) < 4.78 is 5.13. The number of nitrogens with zero attached hydrogens (tertiary/aromatic N) is 3. The minimum Gasteiger partial charge on any atom is -0.490 e. The molecular weight excluding hydrogens is 290 g/mol. The van der Waals surface area contributed by atoms with E-state index in [1.54, 1.807) is 19.1 Å². The summed E-state index contributed by atoms with van der Waals surface area (Å²) in [5.41, 5.74) is 0.438. The van der Waals surface area contributed by atoms with E-state index < -0.39 is 4.92 Å². The number of benzene rings is 1. The van der Waals surface area contributed by atoms with E-state index in [0.717, 1.165) is 0 Å². The van der Waals surface area contributed by atoms with Gasteiger partial charge in [0.25, 0.3) is 0 Å². The minimum atomic E-state index is -0.492. The molecule has 0 aliphatic rings. The van der Waals surface area contributed by atoms with Gasteiger partial charge in [-0.05, 0) is 13.0 Å². The van der Waals surface area contributed by atoms with Crippen LogP contribution in [0.15, 0.2) is 18.2 Å². The van der Waals surface area contributed by atoms with Crippen LogP contribution in [0.1, 0.15) is 17.3 Å². The highest BCUT2D eigenvalue weighted by Crippen LogP contribution is 2.39. The molecule has 19 heavy (non-hydrogen) atoms. The summed E-state index contributed by atoms with van der Waals surface area (Å²) in [4.78, 5) is 10.5. The molecule has 8 heteroatoms. The Labute approximate surface area is 118 Å². The second kappa shape index (κ2) is 5.50. The van der Waals surface area contributed by atoms with Crippen molar-refractivity contribution in [3.8, 4) is 16.3 Å². The molecule has 100 valence electrons. The van der Waals surface area contributed by atoms with E-state index in [1.807, 2.05) is 0 Å². The molecule has 0 saturated carbocycles. The Morgan fingerprint density at radius 3 is 2.74 bits per heavy atom. The van der Waals surface area contributed by atoms with Crippen molar-refractivity contribution in [1.82, 2.24) is 10.2 Å². The van der Waals surface area contributed by atoms with Gasteiger partial charge < -0.3 is 4.74 Å². The summed E-state index contributed by atoms with van der Waals surface area (Å²) in [5, 5.41) is 19.8. The first-order valence-electron chi connectivity index (χ1n) is 5.33. The molecule has 0 radical (unpaired) electrons. The molecular formula is C11H10ClN3O3S. The molecule has 0 spiro atoms. The Morgan fingerprint density at radius 1 is 1.47 bits per heavy atom. The third-order valence-corrected chi connectivity index (χ3v) is 3.88. The third kappa shape index (κ3) is 2.66. The number of hydrogen-bond acceptors (Lipinski definition) is 6. The zero-order valence-electron chi connectivity index (χ0n) is 10.2. The van der Waals surface area contributed by atoms with Crippen LogP contribution in [-0.4, -0.2) is 22.2 Å². The lowest BCUT2D eigenvalue weighted by Gasteiger charge is -2.05. The fourth-order valence-corrected chi connectivity index (χ4v) is 2.53. The quantitative estimate of drug-likeness (QED) is 0.491. The number of rotatable bonds is 4. The largest absolute Gasteiger partial charge is 0.490 e. The van der Waals surface area contributed by atoms with Gasteiger partial charge in [0.15, 0.2) is 5.01 Å². The SMILES string of the molecule is COc1c(-c2nnc(C(C)Cl)s2)cccc1[N+](=O)[O-]. The smallest absolute Gasteiger partial charge is 0.311 e. The second-order valence-corrected chi connectivity index (χ2v) is 5.34. The second-order valence-electron chi connectivity index (χ2n) is 3.68. The van der Waals surface area contributed by atoms with Crippen LogP contribution in [0.4, 0.5) is 5.69 Å². The molecule has 2 rings (SSSR count). The van der Waals surface area contributed by atoms with E-state index in [9.17, 15) is 10.1 Å². The number of nitro benzene ring substituents is 1. The number of hydrogen-bond donors (Lipinski definition) is 0. The molecule has 1 atom stereocenters. The predicted molar refractivity (Wildman–Crippen MR) is 72.8 cm³/mol. The van der Waals surface area contributed by atoms with Gasteiger partial charge in [-0.1, -0.05) is 17.4 Å². The van der Waals surface area contributed by atoms with E-state index in [1.165, 1.54) is 24.5 Å². The van der Waals surface area contributed by atoms with Crippen LogP contribution >= 0.6 is 22.9 Å². The average Bonchev–Trinajstić information content (AvgIpc) is 2.87. The van der Waals surface area contributed by atoms with Gasteiger partial charge in [-0.2, -0.15) is 0 Å². The average molecular weight is 300 g/mol. The van der Waals surface area contributed by atoms with E-state index in [0.29, 0.717) is 15.6 Å². The zero-order chi connectivity index (χ0) is 14.0. The predicted octanol–water partition coefficient (Wildman–Crippen LogP) is 3.42. The maximum absolute atomic E-state index is 10.9. The van der Waals surface area contributed by atoms with E-state index in [-0.39, 0.29) is 16.8 Å². The highest BCUT2D eigenvalue weighted by Gasteiger charge is 2.22. The van der Waals surface area contributed by atoms with Crippen molar-refractivity contribution in [2.24, 2.45) is 0 Å². The Bertz CT molecular complexity index is 615. The van der Waals surface area contributed by atoms with Crippen molar-refractivity contribution in [3.05, 3.63) is 33.3 Å². The topological polar surface area (TPSA) is 78.2 Å². The molecule has 6 nitrogen and oxygen atoms in total. The molecule has 1 aromatic heterocycles. The number of methoxy groups -OCH3 is 1. The monoisotopic (exact) mass is 299 g/mol. The molecule has 0 saturated heterocycles. The highest BCUT2D eigenvalue weighted by molar-refractivity contribution is 7.15. The molecule has 0 amide bonds. The van der Waals surface area contributed by atoms with Gasteiger partial charge >= 0.3 is 5.69 Å². The summed E-state index contributed by atoms with van der Waals surface area (Å²) in [6.45, 7) is 1.79. The normalized spacial score (nSPS) is 12.2. The van der Waals surface area contributed by atoms with Gasteiger partial charge in [-0.25, -0.2) is 0 Å². The Hall–Kier alpha value is -1.73. The maximum Gasteiger partial charge on any atom is 0.311 e. The maximum atomic E-state index is 10.9. The lowest BCUT2D eigenvalue weighted by atomic mass is 10.2. The molecule has 1 heterocycles. The van der Waals surface area contributed by atoms with Gasteiger partial charge in [0.05, 0.1) is 23.0 Å². The molecule has 0 aliphatic heterocycles. The summed E-state index contributed by atoms with van der Waals surface area (Å²) >= 11 is 7.22. The van der Waals surface area contributed by atoms with Crippen molar-refractivity contribution in [2.75, 3.05) is 7.11 Å². The summed E-state index contributed by atoms with van der Waals surface area (Å²) in [6, 6.07) is 4.67. The fraction of sp³-hybridized carbons (Fsp3) is 0.273. The lowest BCUT2D eigenvalue weighted by molar-refractivity contribution is -0.385. The van der Waals surface area contributed by atoms with Crippen LogP contribution in [0.3, 0.4) is 0 Å². The number of ether oxygens (including phenoxy) is 1. The minimum absolute atomic E-state index is 0.101. The van der Waals surface area contributed by atoms with Crippen molar-refractivity contribution in [2.45, 2.75) is 12.3 Å². The van der Waals surface area contributed by atoms with E-state index in [2.05, 4.69) is 10.2 Å². The molecule has 0 N–H and O–H groups in total. The van der Waals surface area contributed by atoms with Crippen LogP contribution in [-0.2, 0) is 0 Å². The first kappa shape index (κ1) is 13.7. The van der Waals surface area contributed by atoms with Crippen molar-refractivity contribution in [3.63, 3.8) is 0 Å². The van der Waals surface area contributed by atoms with Crippen molar-refractivity contribution >= 4 is 28.6 Å². The summed E-state index contributed by atoms with van der Waals surface area (Å²) in [5.74, 6) is 0.178. The van der Waals surface area contributed by atoms with Gasteiger partial charge in [-0.3, -0.25) is 10.1 Å². The number of aromatic nitrogens is 2. The van der Waals surface area contributed by atoms with Gasteiger partial charge in [0.1, 0.15) is 5.01 Å². The van der Waals surface area contributed by atoms with E-state index in [4.69, 9.17) is 16.3 Å². The summed E-state index contributed by atoms with van der Waals surface area (Å²) in [6.07, 6.45) is 0. The van der Waals surface area contributed by atoms with Gasteiger partial charge in [0, 0.05) is 6.07 Å². The number of nitro groups is 1. The van der Waals surface area contributed by atoms with Crippen LogP contribution < -0.4 is 4.74 Å². The Balaban J connectivity index is 2.54. The first-order chi connectivity index (χ1) is 9.04. The van der Waals surface area contributed by atoms with Crippen molar-refractivity contribution < 1.29 is 9.66 Å². The van der Waals surface area contributed by atoms with Crippen LogP contribution in [0, 0.1) is 10.1 Å². The lowest BCUT2D eigenvalue weighted by Crippen LogP contribution is -1.95. The first-order valence-corrected chi connectivity index (χ1v) is 6.59. The number of halogens is 1.